The van der Waals surface area contributed by atoms with Crippen LogP contribution in [0, 0.1) is 17.3 Å². The van der Waals surface area contributed by atoms with E-state index < -0.39 is 5.41 Å². The molecule has 2 atom stereocenters. The predicted octanol–water partition coefficient (Wildman–Crippen LogP) is 6.77. The standard InChI is InChI=1S/C32H41N5O/c1-19(2)28(33)30-35-18-27(36-30)24-14-12-22(13-15-24)21-8-10-23(11-9-21)25-16-26(34-17-25)29(20(3)4)37-31(38)32(5,6)7/h8-15,17-20,28-29H,16,33H2,1-7H3,(H,35,36)(H,37,38)/t28-,29-/m0/s1. The summed E-state index contributed by atoms with van der Waals surface area (Å²) in [7, 11) is 0. The molecular formula is C32H41N5O. The number of amides is 1. The Labute approximate surface area is 226 Å². The highest BCUT2D eigenvalue weighted by Gasteiger charge is 2.29. The van der Waals surface area contributed by atoms with Crippen molar-refractivity contribution in [3.05, 3.63) is 72.3 Å². The molecular weight excluding hydrogens is 470 g/mol. The van der Waals surface area contributed by atoms with E-state index in [-0.39, 0.29) is 23.9 Å². The van der Waals surface area contributed by atoms with Crippen LogP contribution in [0.5, 0.6) is 0 Å². The summed E-state index contributed by atoms with van der Waals surface area (Å²) >= 11 is 0. The van der Waals surface area contributed by atoms with Gasteiger partial charge >= 0.3 is 0 Å². The average molecular weight is 512 g/mol. The van der Waals surface area contributed by atoms with Crippen molar-refractivity contribution in [1.29, 1.82) is 0 Å². The van der Waals surface area contributed by atoms with Gasteiger partial charge in [-0.3, -0.25) is 9.79 Å². The molecule has 0 aliphatic carbocycles. The smallest absolute Gasteiger partial charge is 0.225 e. The van der Waals surface area contributed by atoms with Crippen LogP contribution in [0.25, 0.3) is 28.0 Å². The first kappa shape index (κ1) is 27.5. The van der Waals surface area contributed by atoms with E-state index in [0.29, 0.717) is 5.92 Å². The van der Waals surface area contributed by atoms with Crippen molar-refractivity contribution in [3.8, 4) is 22.4 Å². The molecule has 6 heteroatoms. The lowest BCUT2D eigenvalue weighted by Gasteiger charge is -2.27. The SMILES string of the molecule is CC(C)[C@H](NC(=O)C(C)(C)C)C1=NC=C(c2ccc(-c3ccc(-c4cnc([C@@H](N)C(C)C)[nH]4)cc3)cc2)C1. The maximum Gasteiger partial charge on any atom is 0.225 e. The third-order valence-corrected chi connectivity index (χ3v) is 7.17. The zero-order valence-electron chi connectivity index (χ0n) is 23.7. The number of aliphatic imine (C=N–C) groups is 1. The number of nitrogens with zero attached hydrogens (tertiary/aromatic N) is 2. The van der Waals surface area contributed by atoms with Crippen LogP contribution in [0.15, 0.2) is 65.9 Å². The molecule has 1 amide bonds. The Morgan fingerprint density at radius 2 is 1.45 bits per heavy atom. The van der Waals surface area contributed by atoms with E-state index in [1.54, 1.807) is 0 Å². The number of imidazole rings is 1. The maximum absolute atomic E-state index is 12.6. The minimum absolute atomic E-state index is 0.0508. The second-order valence-electron chi connectivity index (χ2n) is 12.0. The van der Waals surface area contributed by atoms with Crippen LogP contribution in [0.3, 0.4) is 0 Å². The molecule has 0 spiro atoms. The maximum atomic E-state index is 12.6. The van der Waals surface area contributed by atoms with Gasteiger partial charge in [-0.2, -0.15) is 0 Å². The van der Waals surface area contributed by atoms with Crippen LogP contribution >= 0.6 is 0 Å². The Kier molecular flexibility index (Phi) is 8.02. The molecule has 0 saturated carbocycles. The van der Waals surface area contributed by atoms with Gasteiger partial charge in [-0.25, -0.2) is 4.98 Å². The molecule has 2 aromatic carbocycles. The topological polar surface area (TPSA) is 96.2 Å². The van der Waals surface area contributed by atoms with Crippen molar-refractivity contribution in [2.24, 2.45) is 28.0 Å². The molecule has 3 aromatic rings. The molecule has 6 nitrogen and oxygen atoms in total. The van der Waals surface area contributed by atoms with E-state index in [1.165, 1.54) is 5.57 Å². The minimum Gasteiger partial charge on any atom is -0.347 e. The average Bonchev–Trinajstić information content (AvgIpc) is 3.56. The van der Waals surface area contributed by atoms with Crippen LogP contribution in [-0.2, 0) is 4.79 Å². The predicted molar refractivity (Wildman–Crippen MR) is 157 cm³/mol. The Hall–Kier alpha value is -3.51. The van der Waals surface area contributed by atoms with E-state index in [4.69, 9.17) is 10.7 Å². The highest BCUT2D eigenvalue weighted by atomic mass is 16.2. The summed E-state index contributed by atoms with van der Waals surface area (Å²) in [6, 6.07) is 16.9. The van der Waals surface area contributed by atoms with E-state index in [0.717, 1.165) is 45.9 Å². The normalized spacial score (nSPS) is 15.4. The molecule has 1 aliphatic rings. The molecule has 4 N–H and O–H groups in total. The summed E-state index contributed by atoms with van der Waals surface area (Å²) in [6.45, 7) is 14.2. The first-order valence-corrected chi connectivity index (χ1v) is 13.5. The lowest BCUT2D eigenvalue weighted by molar-refractivity contribution is -0.129. The van der Waals surface area contributed by atoms with E-state index in [1.807, 2.05) is 33.2 Å². The zero-order chi connectivity index (χ0) is 27.6. The van der Waals surface area contributed by atoms with Crippen molar-refractivity contribution in [2.75, 3.05) is 0 Å². The number of nitrogens with one attached hydrogen (secondary N) is 2. The number of hydrogen-bond donors (Lipinski definition) is 3. The number of allylic oxidation sites excluding steroid dienone is 1. The summed E-state index contributed by atoms with van der Waals surface area (Å²) in [5, 5.41) is 3.21. The highest BCUT2D eigenvalue weighted by molar-refractivity contribution is 6.03. The fraction of sp³-hybridized carbons (Fsp3) is 0.406. The van der Waals surface area contributed by atoms with Crippen molar-refractivity contribution < 1.29 is 4.79 Å². The van der Waals surface area contributed by atoms with Gasteiger partial charge in [-0.05, 0) is 39.7 Å². The van der Waals surface area contributed by atoms with Gasteiger partial charge < -0.3 is 16.0 Å². The van der Waals surface area contributed by atoms with Gasteiger partial charge in [0.2, 0.25) is 5.91 Å². The summed E-state index contributed by atoms with van der Waals surface area (Å²) in [6.07, 6.45) is 4.54. The number of nitrogens with two attached hydrogens (primary N) is 1. The zero-order valence-corrected chi connectivity index (χ0v) is 23.7. The Balaban J connectivity index is 1.42. The summed E-state index contributed by atoms with van der Waals surface area (Å²) in [5.41, 5.74) is 13.5. The number of H-pyrrole nitrogens is 1. The van der Waals surface area contributed by atoms with Crippen LogP contribution in [0.2, 0.25) is 0 Å². The minimum atomic E-state index is -0.431. The fourth-order valence-corrected chi connectivity index (χ4v) is 4.49. The quantitative estimate of drug-likeness (QED) is 0.311. The third-order valence-electron chi connectivity index (χ3n) is 7.17. The van der Waals surface area contributed by atoms with Crippen molar-refractivity contribution in [2.45, 2.75) is 67.0 Å². The number of carbonyl (C=O) groups excluding carboxylic acids is 1. The van der Waals surface area contributed by atoms with Crippen LogP contribution in [0.4, 0.5) is 0 Å². The summed E-state index contributed by atoms with van der Waals surface area (Å²) in [5.74, 6) is 1.45. The first-order chi connectivity index (χ1) is 17.9. The largest absolute Gasteiger partial charge is 0.347 e. The molecule has 1 aliphatic heterocycles. The number of benzene rings is 2. The first-order valence-electron chi connectivity index (χ1n) is 13.5. The van der Waals surface area contributed by atoms with Gasteiger partial charge in [-0.15, -0.1) is 0 Å². The molecule has 0 unspecified atom stereocenters. The molecule has 0 saturated heterocycles. The van der Waals surface area contributed by atoms with Gasteiger partial charge in [0, 0.05) is 23.7 Å². The van der Waals surface area contributed by atoms with Crippen molar-refractivity contribution in [3.63, 3.8) is 0 Å². The van der Waals surface area contributed by atoms with Crippen molar-refractivity contribution in [1.82, 2.24) is 15.3 Å². The van der Waals surface area contributed by atoms with Crippen LogP contribution < -0.4 is 11.1 Å². The lowest BCUT2D eigenvalue weighted by Crippen LogP contribution is -2.48. The Morgan fingerprint density at radius 1 is 0.895 bits per heavy atom. The van der Waals surface area contributed by atoms with Gasteiger partial charge in [0.15, 0.2) is 0 Å². The molecule has 38 heavy (non-hydrogen) atoms. The lowest BCUT2D eigenvalue weighted by atomic mass is 9.90. The van der Waals surface area contributed by atoms with E-state index in [9.17, 15) is 4.79 Å². The van der Waals surface area contributed by atoms with E-state index >= 15 is 0 Å². The van der Waals surface area contributed by atoms with Gasteiger partial charge in [0.05, 0.1) is 24.0 Å². The van der Waals surface area contributed by atoms with Gasteiger partial charge in [0.25, 0.3) is 0 Å². The fourth-order valence-electron chi connectivity index (χ4n) is 4.49. The van der Waals surface area contributed by atoms with Crippen LogP contribution in [-0.4, -0.2) is 27.6 Å². The monoisotopic (exact) mass is 511 g/mol. The molecule has 200 valence electrons. The number of hydrogen-bond acceptors (Lipinski definition) is 4. The molecule has 0 radical (unpaired) electrons. The number of aromatic amines is 1. The number of aromatic nitrogens is 2. The van der Waals surface area contributed by atoms with Crippen molar-refractivity contribution >= 4 is 17.2 Å². The summed E-state index contributed by atoms with van der Waals surface area (Å²) in [4.78, 5) is 25.2. The number of rotatable bonds is 8. The molecule has 0 bridgehead atoms. The number of carbonyl (C=O) groups is 1. The second kappa shape index (κ2) is 11.1. The summed E-state index contributed by atoms with van der Waals surface area (Å²) < 4.78 is 0. The molecule has 4 rings (SSSR count). The second-order valence-corrected chi connectivity index (χ2v) is 12.0. The molecule has 0 fully saturated rings. The van der Waals surface area contributed by atoms with Crippen LogP contribution in [0.1, 0.15) is 72.3 Å². The molecule has 2 heterocycles. The Morgan fingerprint density at radius 3 is 1.97 bits per heavy atom. The van der Waals surface area contributed by atoms with Gasteiger partial charge in [0.1, 0.15) is 5.82 Å². The molecule has 1 aromatic heterocycles. The Bertz CT molecular complexity index is 1320. The van der Waals surface area contributed by atoms with Gasteiger partial charge in [-0.1, -0.05) is 97.0 Å². The highest BCUT2D eigenvalue weighted by Crippen LogP contribution is 2.30. The van der Waals surface area contributed by atoms with E-state index in [2.05, 4.69) is 91.5 Å². The third kappa shape index (κ3) is 6.13.